The van der Waals surface area contributed by atoms with Gasteiger partial charge in [-0.3, -0.25) is 10.6 Å². The van der Waals surface area contributed by atoms with Crippen LogP contribution in [0.25, 0.3) is 0 Å². The molecular weight excluding hydrogens is 763 g/mol. The average Bonchev–Trinajstić information content (AvgIpc) is 3.00. The quantitative estimate of drug-likeness (QED) is 0.0859. The summed E-state index contributed by atoms with van der Waals surface area (Å²) in [4.78, 5) is 38.0. The van der Waals surface area contributed by atoms with Gasteiger partial charge in [0.05, 0.1) is 0 Å². The monoisotopic (exact) mass is 781 g/mol. The van der Waals surface area contributed by atoms with Crippen LogP contribution < -0.4 is 26.0 Å². The molecule has 0 fully saturated rings. The smallest absolute Gasteiger partial charge is 0.413 e. The molecule has 3 aromatic carbocycles. The Hall–Kier alpha value is -3.36. The van der Waals surface area contributed by atoms with Crippen molar-refractivity contribution in [1.29, 1.82) is 0 Å². The van der Waals surface area contributed by atoms with Crippen LogP contribution in [0.15, 0.2) is 84.9 Å². The Balaban J connectivity index is 1.57. The van der Waals surface area contributed by atoms with Gasteiger partial charge in [-0.25, -0.2) is 9.59 Å². The molecule has 0 bridgehead atoms. The molecule has 4 aromatic rings. The van der Waals surface area contributed by atoms with E-state index in [9.17, 15) is 9.59 Å². The Morgan fingerprint density at radius 1 is 0.638 bits per heavy atom. The molecule has 1 aromatic heterocycles. The number of nitrogens with zero attached hydrogens (tertiary/aromatic N) is 3. The average molecular weight is 785 g/mol. The third kappa shape index (κ3) is 12.3. The van der Waals surface area contributed by atoms with Crippen molar-refractivity contribution in [2.24, 2.45) is 0 Å². The Labute approximate surface area is 303 Å². The van der Waals surface area contributed by atoms with Gasteiger partial charge in [-0.1, -0.05) is 118 Å². The van der Waals surface area contributed by atoms with Gasteiger partial charge in [-0.2, -0.15) is 15.0 Å². The molecule has 0 saturated heterocycles. The number of hydrogen-bond acceptors (Lipinski definition) is 10. The summed E-state index contributed by atoms with van der Waals surface area (Å²) in [7, 11) is 0. The number of aromatic nitrogens is 3. The van der Waals surface area contributed by atoms with Crippen LogP contribution in [0, 0.1) is 0 Å². The molecule has 2 unspecified atom stereocenters. The molecule has 0 spiro atoms. The van der Waals surface area contributed by atoms with Crippen molar-refractivity contribution in [3.05, 3.63) is 95.8 Å². The first-order valence-corrected chi connectivity index (χ1v) is 15.7. The summed E-state index contributed by atoms with van der Waals surface area (Å²) in [5.74, 6) is -0.0361. The first-order valence-electron chi connectivity index (χ1n) is 13.1. The molecular formula is C28H22Cl7N7O5. The lowest BCUT2D eigenvalue weighted by Gasteiger charge is -2.27. The van der Waals surface area contributed by atoms with Crippen molar-refractivity contribution in [3.63, 3.8) is 0 Å². The van der Waals surface area contributed by atoms with E-state index >= 15 is 0 Å². The summed E-state index contributed by atoms with van der Waals surface area (Å²) in [6.07, 6.45) is -5.25. The highest BCUT2D eigenvalue weighted by atomic mass is 35.6. The summed E-state index contributed by atoms with van der Waals surface area (Å²) in [5, 5.41) is 10.7. The lowest BCUT2D eigenvalue weighted by molar-refractivity contribution is 0.126. The van der Waals surface area contributed by atoms with E-state index in [4.69, 9.17) is 95.4 Å². The highest BCUT2D eigenvalue weighted by Crippen LogP contribution is 2.34. The zero-order valence-corrected chi connectivity index (χ0v) is 28.8. The number of alkyl halides is 6. The topological polar surface area (TPSA) is 149 Å². The van der Waals surface area contributed by atoms with Crippen molar-refractivity contribution < 1.29 is 23.8 Å². The van der Waals surface area contributed by atoms with E-state index in [1.807, 2.05) is 6.07 Å². The van der Waals surface area contributed by atoms with E-state index in [0.717, 1.165) is 0 Å². The van der Waals surface area contributed by atoms with E-state index in [1.165, 1.54) is 12.1 Å². The van der Waals surface area contributed by atoms with Gasteiger partial charge in [0.2, 0.25) is 31.9 Å². The van der Waals surface area contributed by atoms with Crippen LogP contribution in [0.1, 0.15) is 5.82 Å². The molecule has 0 aliphatic carbocycles. The minimum Gasteiger partial charge on any atom is -0.486 e. The van der Waals surface area contributed by atoms with Gasteiger partial charge in [-0.15, -0.1) is 0 Å². The second-order valence-electron chi connectivity index (χ2n) is 9.07. The predicted molar refractivity (Wildman–Crippen MR) is 184 cm³/mol. The minimum absolute atomic E-state index is 0.0133. The Morgan fingerprint density at radius 2 is 1.09 bits per heavy atom. The number of rotatable bonds is 11. The van der Waals surface area contributed by atoms with Crippen molar-refractivity contribution in [3.8, 4) is 5.75 Å². The van der Waals surface area contributed by atoms with Crippen LogP contribution in [0.3, 0.4) is 0 Å². The number of benzene rings is 3. The molecule has 2 amide bonds. The molecule has 0 aliphatic rings. The van der Waals surface area contributed by atoms with Crippen molar-refractivity contribution in [1.82, 2.24) is 15.0 Å². The fourth-order valence-electron chi connectivity index (χ4n) is 3.43. The second kappa shape index (κ2) is 16.6. The van der Waals surface area contributed by atoms with Crippen LogP contribution in [0.5, 0.6) is 5.75 Å². The van der Waals surface area contributed by atoms with E-state index in [2.05, 4.69) is 36.2 Å². The molecule has 0 radical (unpaired) electrons. The normalized spacial score (nSPS) is 12.7. The standard InChI is InChI=1S/C28H22Cl7N7O5/c29-16-11-13-18(14-12-16)37-26(44)47-22(28(33,34)35)41-24-39-20(15-45-19-9-5-2-6-10-19)38-23(42-24)40-21(27(30,31)32)46-25(43)36-17-7-3-1-4-8-17/h1-14,21-22H,15H2,(H,36,43)(H,37,44)(H2,38,39,40,41,42). The molecule has 0 aliphatic heterocycles. The number of anilines is 4. The van der Waals surface area contributed by atoms with Crippen LogP contribution in [0.4, 0.5) is 32.9 Å². The fourth-order valence-corrected chi connectivity index (χ4v) is 4.15. The molecule has 2 atom stereocenters. The first kappa shape index (κ1) is 36.5. The highest BCUT2D eigenvalue weighted by molar-refractivity contribution is 6.68. The van der Waals surface area contributed by atoms with E-state index in [-0.39, 0.29) is 24.3 Å². The van der Waals surface area contributed by atoms with Crippen molar-refractivity contribution >= 4 is 117 Å². The maximum atomic E-state index is 12.7. The number of ether oxygens (including phenoxy) is 3. The number of para-hydroxylation sites is 2. The summed E-state index contributed by atoms with van der Waals surface area (Å²) >= 11 is 42.6. The molecule has 12 nitrogen and oxygen atoms in total. The summed E-state index contributed by atoms with van der Waals surface area (Å²) in [6, 6.07) is 23.4. The third-order valence-electron chi connectivity index (χ3n) is 5.47. The highest BCUT2D eigenvalue weighted by Gasteiger charge is 2.39. The molecule has 1 heterocycles. The zero-order valence-electron chi connectivity index (χ0n) is 23.5. The number of nitrogens with one attached hydrogen (secondary N) is 4. The van der Waals surface area contributed by atoms with Gasteiger partial charge in [0, 0.05) is 16.4 Å². The fraction of sp³-hybridized carbons (Fsp3) is 0.179. The van der Waals surface area contributed by atoms with Gasteiger partial charge in [0.1, 0.15) is 12.4 Å². The molecule has 0 saturated carbocycles. The minimum atomic E-state index is -2.24. The van der Waals surface area contributed by atoms with Gasteiger partial charge < -0.3 is 24.8 Å². The molecule has 47 heavy (non-hydrogen) atoms. The number of carbonyl (C=O) groups excluding carboxylic acids is 2. The largest absolute Gasteiger partial charge is 0.486 e. The maximum Gasteiger partial charge on any atom is 0.413 e. The van der Waals surface area contributed by atoms with Gasteiger partial charge in [0.15, 0.2) is 5.82 Å². The van der Waals surface area contributed by atoms with Crippen LogP contribution in [0.2, 0.25) is 5.02 Å². The number of carbonyl (C=O) groups is 2. The van der Waals surface area contributed by atoms with E-state index in [0.29, 0.717) is 22.1 Å². The van der Waals surface area contributed by atoms with Gasteiger partial charge in [0.25, 0.3) is 0 Å². The predicted octanol–water partition coefficient (Wildman–Crippen LogP) is 8.82. The summed E-state index contributed by atoms with van der Waals surface area (Å²) in [5.41, 5.74) is 0.772. The first-order chi connectivity index (χ1) is 22.2. The number of amides is 2. The van der Waals surface area contributed by atoms with Crippen molar-refractivity contribution in [2.45, 2.75) is 26.6 Å². The van der Waals surface area contributed by atoms with E-state index in [1.54, 1.807) is 66.7 Å². The number of hydrogen-bond donors (Lipinski definition) is 4. The summed E-state index contributed by atoms with van der Waals surface area (Å²) in [6.45, 7) is -0.194. The lowest BCUT2D eigenvalue weighted by Crippen LogP contribution is -2.41. The summed E-state index contributed by atoms with van der Waals surface area (Å²) < 4.78 is 11.9. The number of halogens is 7. The molecule has 248 valence electrons. The second-order valence-corrected chi connectivity index (χ2v) is 14.2. The third-order valence-corrected chi connectivity index (χ3v) is 6.91. The van der Waals surface area contributed by atoms with Crippen LogP contribution in [-0.4, -0.2) is 47.2 Å². The Morgan fingerprint density at radius 3 is 1.55 bits per heavy atom. The Kier molecular flexibility index (Phi) is 12.9. The van der Waals surface area contributed by atoms with E-state index < -0.39 is 32.2 Å². The SMILES string of the molecule is O=C(Nc1ccccc1)OC(Nc1nc(COc2ccccc2)nc(NC(OC(=O)Nc2ccc(Cl)cc2)C(Cl)(Cl)Cl)n1)C(Cl)(Cl)Cl. The van der Waals surface area contributed by atoms with Crippen LogP contribution in [-0.2, 0) is 16.1 Å². The Bertz CT molecular complexity index is 1630. The van der Waals surface area contributed by atoms with Gasteiger partial charge in [-0.05, 0) is 48.5 Å². The molecule has 4 N–H and O–H groups in total. The molecule has 4 rings (SSSR count). The van der Waals surface area contributed by atoms with Gasteiger partial charge >= 0.3 is 12.2 Å². The zero-order chi connectivity index (χ0) is 34.0. The lowest BCUT2D eigenvalue weighted by atomic mass is 10.3. The maximum absolute atomic E-state index is 12.7. The van der Waals surface area contributed by atoms with Crippen LogP contribution >= 0.6 is 81.2 Å². The van der Waals surface area contributed by atoms with Crippen molar-refractivity contribution in [2.75, 3.05) is 21.3 Å². The molecule has 19 heteroatoms.